The fourth-order valence-corrected chi connectivity index (χ4v) is 4.88. The summed E-state index contributed by atoms with van der Waals surface area (Å²) < 4.78 is 5.64. The van der Waals surface area contributed by atoms with E-state index in [2.05, 4.69) is 5.32 Å². The van der Waals surface area contributed by atoms with Gasteiger partial charge in [-0.3, -0.25) is 14.4 Å². The molecule has 0 aliphatic carbocycles. The van der Waals surface area contributed by atoms with E-state index in [0.29, 0.717) is 34.3 Å². The molecule has 4 rings (SSSR count). The van der Waals surface area contributed by atoms with E-state index in [0.717, 1.165) is 0 Å². The number of carbonyl (C=O) groups is 3. The Morgan fingerprint density at radius 2 is 1.97 bits per heavy atom. The van der Waals surface area contributed by atoms with E-state index in [4.69, 9.17) is 10.00 Å². The van der Waals surface area contributed by atoms with Gasteiger partial charge in [-0.15, -0.1) is 11.8 Å². The number of hydrogen-bond donors (Lipinski definition) is 1. The van der Waals surface area contributed by atoms with E-state index in [1.807, 2.05) is 18.2 Å². The Labute approximate surface area is 190 Å². The molecule has 0 aromatic heterocycles. The van der Waals surface area contributed by atoms with Gasteiger partial charge in [-0.25, -0.2) is 0 Å². The largest absolute Gasteiger partial charge is 0.479 e. The van der Waals surface area contributed by atoms with Crippen molar-refractivity contribution in [2.24, 2.45) is 0 Å². The minimum Gasteiger partial charge on any atom is -0.479 e. The Kier molecular flexibility index (Phi) is 6.32. The molecule has 3 amide bonds. The summed E-state index contributed by atoms with van der Waals surface area (Å²) in [5, 5.41) is 11.7. The number of benzene rings is 2. The number of para-hydroxylation sites is 2. The third-order valence-electron chi connectivity index (χ3n) is 5.41. The first-order valence-electron chi connectivity index (χ1n) is 10.2. The molecule has 9 heteroatoms. The molecule has 2 unspecified atom stereocenters. The van der Waals surface area contributed by atoms with Crippen LogP contribution in [0.3, 0.4) is 0 Å². The van der Waals surface area contributed by atoms with Gasteiger partial charge in [0.15, 0.2) is 6.10 Å². The summed E-state index contributed by atoms with van der Waals surface area (Å²) in [6.45, 7) is 1.90. The van der Waals surface area contributed by atoms with E-state index in [9.17, 15) is 14.4 Å². The van der Waals surface area contributed by atoms with Crippen molar-refractivity contribution in [3.63, 3.8) is 0 Å². The summed E-state index contributed by atoms with van der Waals surface area (Å²) in [6, 6.07) is 15.3. The van der Waals surface area contributed by atoms with Crippen molar-refractivity contribution in [3.05, 3.63) is 54.1 Å². The topological polar surface area (TPSA) is 103 Å². The first-order chi connectivity index (χ1) is 15.5. The maximum atomic E-state index is 13.0. The van der Waals surface area contributed by atoms with Crippen molar-refractivity contribution in [2.75, 3.05) is 28.4 Å². The first-order valence-corrected chi connectivity index (χ1v) is 11.4. The summed E-state index contributed by atoms with van der Waals surface area (Å²) in [6.07, 6.45) is -0.512. The zero-order valence-corrected chi connectivity index (χ0v) is 18.3. The van der Waals surface area contributed by atoms with Crippen LogP contribution in [0.15, 0.2) is 48.5 Å². The zero-order valence-electron chi connectivity index (χ0n) is 17.5. The first kappa shape index (κ1) is 21.7. The van der Waals surface area contributed by atoms with Gasteiger partial charge in [0, 0.05) is 24.4 Å². The second-order valence-corrected chi connectivity index (χ2v) is 8.53. The average molecular weight is 451 g/mol. The van der Waals surface area contributed by atoms with Crippen LogP contribution >= 0.6 is 11.8 Å². The van der Waals surface area contributed by atoms with Crippen LogP contribution in [0.25, 0.3) is 0 Å². The summed E-state index contributed by atoms with van der Waals surface area (Å²) >= 11 is 1.52. The van der Waals surface area contributed by atoms with E-state index >= 15 is 0 Å². The van der Waals surface area contributed by atoms with Gasteiger partial charge in [0.1, 0.15) is 11.8 Å². The Morgan fingerprint density at radius 3 is 2.72 bits per heavy atom. The molecule has 8 nitrogen and oxygen atoms in total. The van der Waals surface area contributed by atoms with Crippen molar-refractivity contribution < 1.29 is 19.1 Å². The lowest BCUT2D eigenvalue weighted by atomic mass is 10.1. The van der Waals surface area contributed by atoms with Crippen molar-refractivity contribution in [3.8, 4) is 11.8 Å². The molecule has 0 saturated carbocycles. The maximum Gasteiger partial charge on any atom is 0.267 e. The standard InChI is InChI=1S/C23H22N4O4S/c1-15-23(30)26(18-4-2-3-5-20(18)31-15)11-10-21(28)27-14-32-13-19(27)22(29)25-17-8-6-16(12-24)7-9-17/h2-9,15,19H,10-11,13-14H2,1H3,(H,25,29). The summed E-state index contributed by atoms with van der Waals surface area (Å²) in [4.78, 5) is 41.5. The molecule has 1 fully saturated rings. The second kappa shape index (κ2) is 9.32. The number of nitrogens with one attached hydrogen (secondary N) is 1. The molecule has 32 heavy (non-hydrogen) atoms. The molecular weight excluding hydrogens is 428 g/mol. The predicted molar refractivity (Wildman–Crippen MR) is 121 cm³/mol. The van der Waals surface area contributed by atoms with Gasteiger partial charge in [0.05, 0.1) is 23.2 Å². The molecular formula is C23H22N4O4S. The number of nitriles is 1. The molecule has 164 valence electrons. The molecule has 2 aliphatic heterocycles. The van der Waals surface area contributed by atoms with Crippen LogP contribution in [-0.4, -0.2) is 52.9 Å². The number of ether oxygens (including phenoxy) is 1. The molecule has 2 heterocycles. The van der Waals surface area contributed by atoms with Crippen molar-refractivity contribution in [1.82, 2.24) is 4.90 Å². The van der Waals surface area contributed by atoms with Crippen LogP contribution in [0.4, 0.5) is 11.4 Å². The van der Waals surface area contributed by atoms with Crippen LogP contribution in [-0.2, 0) is 14.4 Å². The van der Waals surface area contributed by atoms with Crippen LogP contribution in [0.1, 0.15) is 18.9 Å². The van der Waals surface area contributed by atoms with Gasteiger partial charge in [-0.05, 0) is 43.3 Å². The number of rotatable bonds is 5. The molecule has 2 aromatic carbocycles. The van der Waals surface area contributed by atoms with E-state index in [1.165, 1.54) is 11.8 Å². The second-order valence-electron chi connectivity index (χ2n) is 7.53. The number of thioether (sulfide) groups is 1. The molecule has 0 bridgehead atoms. The fourth-order valence-electron chi connectivity index (χ4n) is 3.70. The van der Waals surface area contributed by atoms with E-state index < -0.39 is 12.1 Å². The minimum atomic E-state index is -0.617. The molecule has 2 atom stereocenters. The van der Waals surface area contributed by atoms with Gasteiger partial charge >= 0.3 is 0 Å². The number of hydrogen-bond acceptors (Lipinski definition) is 6. The third kappa shape index (κ3) is 4.41. The Hall–Kier alpha value is -3.51. The van der Waals surface area contributed by atoms with Gasteiger partial charge in [-0.2, -0.15) is 5.26 Å². The monoisotopic (exact) mass is 450 g/mol. The fraction of sp³-hybridized carbons (Fsp3) is 0.304. The van der Waals surface area contributed by atoms with Crippen LogP contribution in [0, 0.1) is 11.3 Å². The molecule has 1 saturated heterocycles. The zero-order chi connectivity index (χ0) is 22.7. The normalized spacial score (nSPS) is 19.7. The lowest BCUT2D eigenvalue weighted by molar-refractivity contribution is -0.136. The molecule has 0 radical (unpaired) electrons. The summed E-state index contributed by atoms with van der Waals surface area (Å²) in [5.74, 6) is 0.901. The van der Waals surface area contributed by atoms with Gasteiger partial charge in [-0.1, -0.05) is 12.1 Å². The smallest absolute Gasteiger partial charge is 0.267 e. The third-order valence-corrected chi connectivity index (χ3v) is 6.42. The van der Waals surface area contributed by atoms with E-state index in [-0.39, 0.29) is 30.7 Å². The van der Waals surface area contributed by atoms with Crippen molar-refractivity contribution in [1.29, 1.82) is 5.26 Å². The highest BCUT2D eigenvalue weighted by atomic mass is 32.2. The summed E-state index contributed by atoms with van der Waals surface area (Å²) in [7, 11) is 0. The van der Waals surface area contributed by atoms with Gasteiger partial charge in [0.2, 0.25) is 11.8 Å². The Balaban J connectivity index is 1.40. The van der Waals surface area contributed by atoms with Gasteiger partial charge < -0.3 is 19.9 Å². The van der Waals surface area contributed by atoms with Crippen LogP contribution in [0.2, 0.25) is 0 Å². The Bertz CT molecular complexity index is 1080. The summed E-state index contributed by atoms with van der Waals surface area (Å²) in [5.41, 5.74) is 1.72. The van der Waals surface area contributed by atoms with E-state index in [1.54, 1.807) is 53.1 Å². The van der Waals surface area contributed by atoms with Crippen LogP contribution < -0.4 is 15.0 Å². The lowest BCUT2D eigenvalue weighted by Crippen LogP contribution is -2.48. The lowest BCUT2D eigenvalue weighted by Gasteiger charge is -2.33. The highest BCUT2D eigenvalue weighted by Crippen LogP contribution is 2.34. The van der Waals surface area contributed by atoms with Crippen LogP contribution in [0.5, 0.6) is 5.75 Å². The predicted octanol–water partition coefficient (Wildman–Crippen LogP) is 2.60. The average Bonchev–Trinajstić information content (AvgIpc) is 3.30. The SMILES string of the molecule is CC1Oc2ccccc2N(CCC(=O)N2CSCC2C(=O)Nc2ccc(C#N)cc2)C1=O. The molecule has 2 aliphatic rings. The van der Waals surface area contributed by atoms with Gasteiger partial charge in [0.25, 0.3) is 5.91 Å². The molecule has 0 spiro atoms. The number of anilines is 2. The molecule has 2 aromatic rings. The van der Waals surface area contributed by atoms with Crippen molar-refractivity contribution in [2.45, 2.75) is 25.5 Å². The maximum absolute atomic E-state index is 13.0. The molecule has 1 N–H and O–H groups in total. The number of fused-ring (bicyclic) bond motifs is 1. The highest BCUT2D eigenvalue weighted by Gasteiger charge is 2.36. The quantitative estimate of drug-likeness (QED) is 0.751. The minimum absolute atomic E-state index is 0.105. The number of carbonyl (C=O) groups excluding carboxylic acids is 3. The Morgan fingerprint density at radius 1 is 1.22 bits per heavy atom. The number of nitrogens with zero attached hydrogens (tertiary/aromatic N) is 3. The highest BCUT2D eigenvalue weighted by molar-refractivity contribution is 7.99. The number of amides is 3. The van der Waals surface area contributed by atoms with Crippen molar-refractivity contribution >= 4 is 40.9 Å².